The molecule has 16 heavy (non-hydrogen) atoms. The highest BCUT2D eigenvalue weighted by Gasteiger charge is 2.03. The average Bonchev–Trinajstić information content (AvgIpc) is 2.23. The normalized spacial score (nSPS) is 10.9. The van der Waals surface area contributed by atoms with Crippen molar-refractivity contribution in [1.29, 1.82) is 5.26 Å². The lowest BCUT2D eigenvalue weighted by Gasteiger charge is -2.02. The fourth-order valence-electron chi connectivity index (χ4n) is 0.796. The molecule has 2 heteroatoms. The van der Waals surface area contributed by atoms with Gasteiger partial charge in [-0.3, -0.25) is 0 Å². The van der Waals surface area contributed by atoms with Crippen molar-refractivity contribution in [1.82, 2.24) is 0 Å². The van der Waals surface area contributed by atoms with E-state index < -0.39 is 5.83 Å². The highest BCUT2D eigenvalue weighted by Crippen LogP contribution is 2.19. The van der Waals surface area contributed by atoms with Gasteiger partial charge in [0, 0.05) is 11.1 Å². The minimum absolute atomic E-state index is 0.171. The summed E-state index contributed by atoms with van der Waals surface area (Å²) < 4.78 is 13.4. The molecule has 0 heterocycles. The summed E-state index contributed by atoms with van der Waals surface area (Å²) in [5.41, 5.74) is 1.44. The second-order valence-corrected chi connectivity index (χ2v) is 3.31. The number of nitriles is 1. The van der Waals surface area contributed by atoms with Gasteiger partial charge < -0.3 is 0 Å². The zero-order valence-electron chi connectivity index (χ0n) is 9.39. The third-order valence-corrected chi connectivity index (χ3v) is 1.68. The number of hydrogen-bond donors (Lipinski definition) is 0. The third-order valence-electron chi connectivity index (χ3n) is 1.68. The first-order valence-electron chi connectivity index (χ1n) is 4.56. The van der Waals surface area contributed by atoms with E-state index in [2.05, 4.69) is 26.3 Å². The Hall–Kier alpha value is -2.14. The Balaban J connectivity index is 4.72. The van der Waals surface area contributed by atoms with Crippen LogP contribution in [0, 0.1) is 11.3 Å². The second-order valence-electron chi connectivity index (χ2n) is 3.31. The van der Waals surface area contributed by atoms with Gasteiger partial charge in [0.05, 0.1) is 6.07 Å². The molecule has 0 radical (unpaired) electrons. The van der Waals surface area contributed by atoms with Crippen LogP contribution < -0.4 is 0 Å². The highest BCUT2D eigenvalue weighted by atomic mass is 19.1. The molecule has 0 saturated carbocycles. The van der Waals surface area contributed by atoms with Gasteiger partial charge >= 0.3 is 0 Å². The smallest absolute Gasteiger partial charge is 0.130 e. The fourth-order valence-corrected chi connectivity index (χ4v) is 0.796. The van der Waals surface area contributed by atoms with Gasteiger partial charge in [0.2, 0.25) is 0 Å². The Bertz CT molecular complexity index is 442. The van der Waals surface area contributed by atoms with Gasteiger partial charge in [-0.1, -0.05) is 38.0 Å². The van der Waals surface area contributed by atoms with Gasteiger partial charge in [0.25, 0.3) is 0 Å². The molecule has 0 aromatic rings. The number of nitrogens with zero attached hydrogens (tertiary/aromatic N) is 1. The second kappa shape index (κ2) is 6.36. The van der Waals surface area contributed by atoms with E-state index in [4.69, 9.17) is 5.26 Å². The SMILES string of the molecule is C=C(C#N)/C=C\C(=C)C(=C)/C(F)=C\C(=C)C. The molecule has 1 nitrogen and oxygen atoms in total. The van der Waals surface area contributed by atoms with Crippen molar-refractivity contribution >= 4 is 0 Å². The maximum atomic E-state index is 13.4. The van der Waals surface area contributed by atoms with Crippen LogP contribution in [0.2, 0.25) is 0 Å². The summed E-state index contributed by atoms with van der Waals surface area (Å²) in [6.07, 6.45) is 4.24. The van der Waals surface area contributed by atoms with Crippen LogP contribution in [0.5, 0.6) is 0 Å². The molecule has 0 saturated heterocycles. The van der Waals surface area contributed by atoms with E-state index >= 15 is 0 Å². The van der Waals surface area contributed by atoms with E-state index in [1.807, 2.05) is 6.07 Å². The molecular weight excluding hydrogens is 201 g/mol. The van der Waals surface area contributed by atoms with Crippen LogP contribution >= 0.6 is 0 Å². The van der Waals surface area contributed by atoms with Gasteiger partial charge in [-0.15, -0.1) is 0 Å². The molecule has 0 aromatic carbocycles. The molecule has 0 bridgehead atoms. The zero-order valence-corrected chi connectivity index (χ0v) is 9.39. The summed E-state index contributed by atoms with van der Waals surface area (Å²) in [6.45, 7) is 15.9. The van der Waals surface area contributed by atoms with Gasteiger partial charge in [-0.05, 0) is 24.6 Å². The van der Waals surface area contributed by atoms with Gasteiger partial charge in [0.1, 0.15) is 5.83 Å². The van der Waals surface area contributed by atoms with Crippen LogP contribution in [-0.4, -0.2) is 0 Å². The molecule has 0 N–H and O–H groups in total. The average molecular weight is 215 g/mol. The summed E-state index contributed by atoms with van der Waals surface area (Å²) >= 11 is 0. The first-order valence-corrected chi connectivity index (χ1v) is 4.56. The number of halogens is 1. The first-order chi connectivity index (χ1) is 7.38. The summed E-state index contributed by atoms with van der Waals surface area (Å²) in [4.78, 5) is 0. The Morgan fingerprint density at radius 2 is 1.75 bits per heavy atom. The lowest BCUT2D eigenvalue weighted by molar-refractivity contribution is 0.655. The molecule has 0 rings (SSSR count). The lowest BCUT2D eigenvalue weighted by Crippen LogP contribution is -1.85. The molecule has 0 spiro atoms. The minimum Gasteiger partial charge on any atom is -0.206 e. The third kappa shape index (κ3) is 4.92. The molecule has 0 amide bonds. The molecule has 0 unspecified atom stereocenters. The summed E-state index contributed by atoms with van der Waals surface area (Å²) in [7, 11) is 0. The van der Waals surface area contributed by atoms with Crippen molar-refractivity contribution in [3.05, 3.63) is 72.7 Å². The van der Waals surface area contributed by atoms with E-state index in [-0.39, 0.29) is 11.1 Å². The Morgan fingerprint density at radius 1 is 1.19 bits per heavy atom. The van der Waals surface area contributed by atoms with Crippen molar-refractivity contribution in [2.75, 3.05) is 0 Å². The molecule has 0 fully saturated rings. The van der Waals surface area contributed by atoms with Gasteiger partial charge in [-0.2, -0.15) is 5.26 Å². The van der Waals surface area contributed by atoms with Gasteiger partial charge in [0.15, 0.2) is 0 Å². The monoisotopic (exact) mass is 215 g/mol. The van der Waals surface area contributed by atoms with Crippen LogP contribution in [0.4, 0.5) is 4.39 Å². The van der Waals surface area contributed by atoms with E-state index in [1.165, 1.54) is 18.2 Å². The molecule has 0 aliphatic rings. The van der Waals surface area contributed by atoms with Crippen LogP contribution in [0.3, 0.4) is 0 Å². The Kier molecular flexibility index (Phi) is 5.51. The molecule has 0 aliphatic carbocycles. The zero-order chi connectivity index (χ0) is 12.7. The van der Waals surface area contributed by atoms with Crippen molar-refractivity contribution in [3.8, 4) is 6.07 Å². The van der Waals surface area contributed by atoms with Crippen molar-refractivity contribution in [2.24, 2.45) is 0 Å². The van der Waals surface area contributed by atoms with Crippen LogP contribution in [0.1, 0.15) is 6.92 Å². The van der Waals surface area contributed by atoms with E-state index in [9.17, 15) is 4.39 Å². The predicted molar refractivity (Wildman–Crippen MR) is 66.2 cm³/mol. The molecule has 0 aromatic heterocycles. The van der Waals surface area contributed by atoms with Crippen molar-refractivity contribution < 1.29 is 4.39 Å². The number of hydrogen-bond acceptors (Lipinski definition) is 1. The van der Waals surface area contributed by atoms with Crippen molar-refractivity contribution in [2.45, 2.75) is 6.92 Å². The Labute approximate surface area is 95.9 Å². The molecule has 0 aliphatic heterocycles. The van der Waals surface area contributed by atoms with Gasteiger partial charge in [-0.25, -0.2) is 4.39 Å². The summed E-state index contributed by atoms with van der Waals surface area (Å²) in [5.74, 6) is -0.482. The molecule has 0 atom stereocenters. The lowest BCUT2D eigenvalue weighted by atomic mass is 10.1. The fraction of sp³-hybridized carbons (Fsp3) is 0.0714. The topological polar surface area (TPSA) is 23.8 Å². The Morgan fingerprint density at radius 3 is 2.19 bits per heavy atom. The standard InChI is InChI=1S/C14H14FN/c1-10(2)8-14(15)13(5)12(4)7-6-11(3)9-16/h6-8H,1,3-5H2,2H3/b7-6-,14-8+. The highest BCUT2D eigenvalue weighted by molar-refractivity contribution is 5.49. The van der Waals surface area contributed by atoms with Crippen LogP contribution in [0.25, 0.3) is 0 Å². The molecular formula is C14H14FN. The number of rotatable bonds is 5. The van der Waals surface area contributed by atoms with Crippen LogP contribution in [-0.2, 0) is 0 Å². The largest absolute Gasteiger partial charge is 0.206 e. The first kappa shape index (κ1) is 13.9. The predicted octanol–water partition coefficient (Wildman–Crippen LogP) is 4.16. The maximum Gasteiger partial charge on any atom is 0.130 e. The van der Waals surface area contributed by atoms with E-state index in [0.717, 1.165) is 0 Å². The summed E-state index contributed by atoms with van der Waals surface area (Å²) in [5, 5.41) is 8.46. The summed E-state index contributed by atoms with van der Waals surface area (Å²) in [6, 6.07) is 1.85. The van der Waals surface area contributed by atoms with Crippen LogP contribution in [0.15, 0.2) is 72.7 Å². The van der Waals surface area contributed by atoms with E-state index in [0.29, 0.717) is 11.1 Å². The number of allylic oxidation sites excluding steroid dienone is 8. The van der Waals surface area contributed by atoms with Crippen molar-refractivity contribution in [3.63, 3.8) is 0 Å². The minimum atomic E-state index is -0.482. The quantitative estimate of drug-likeness (QED) is 0.499. The molecule has 82 valence electrons. The van der Waals surface area contributed by atoms with E-state index in [1.54, 1.807) is 6.92 Å². The maximum absolute atomic E-state index is 13.4.